The Bertz CT molecular complexity index is 117. The van der Waals surface area contributed by atoms with Crippen molar-refractivity contribution in [2.75, 3.05) is 0 Å². The number of allylic oxidation sites excluding steroid dienone is 4. The van der Waals surface area contributed by atoms with E-state index in [2.05, 4.69) is 0 Å². The summed E-state index contributed by atoms with van der Waals surface area (Å²) in [5, 5.41) is 0.840. The molecule has 0 bridgehead atoms. The van der Waals surface area contributed by atoms with Gasteiger partial charge in [0, 0.05) is 5.03 Å². The van der Waals surface area contributed by atoms with Gasteiger partial charge in [-0.2, -0.15) is 0 Å². The van der Waals surface area contributed by atoms with Crippen LogP contribution in [0.1, 0.15) is 34.6 Å². The van der Waals surface area contributed by atoms with Crippen LogP contribution in [0.4, 0.5) is 0 Å². The van der Waals surface area contributed by atoms with E-state index in [1.54, 1.807) is 0 Å². The minimum atomic E-state index is 0.840. The molecule has 0 saturated heterocycles. The van der Waals surface area contributed by atoms with Crippen LogP contribution in [-0.2, 0) is 0 Å². The van der Waals surface area contributed by atoms with Crippen molar-refractivity contribution in [3.63, 3.8) is 0 Å². The van der Waals surface area contributed by atoms with Crippen molar-refractivity contribution in [3.05, 3.63) is 22.8 Å². The first-order valence-corrected chi connectivity index (χ1v) is 4.02. The molecular formula is C9H17Cl. The molecule has 0 spiro atoms. The average molecular weight is 161 g/mol. The molecule has 0 N–H and O–H groups in total. The molecule has 0 aliphatic heterocycles. The van der Waals surface area contributed by atoms with Gasteiger partial charge in [0.15, 0.2) is 0 Å². The van der Waals surface area contributed by atoms with Crippen LogP contribution in [0, 0.1) is 0 Å². The number of rotatable bonds is 1. The fraction of sp³-hybridized carbons (Fsp3) is 0.556. The Morgan fingerprint density at radius 2 is 1.60 bits per heavy atom. The van der Waals surface area contributed by atoms with Crippen LogP contribution in [0.5, 0.6) is 0 Å². The molecule has 0 saturated carbocycles. The summed E-state index contributed by atoms with van der Waals surface area (Å²) in [6.07, 6.45) is 3.81. The molecule has 0 rings (SSSR count). The Labute approximate surface area is 69.6 Å². The molecule has 10 heavy (non-hydrogen) atoms. The van der Waals surface area contributed by atoms with Gasteiger partial charge in [-0.05, 0) is 26.8 Å². The van der Waals surface area contributed by atoms with E-state index in [1.165, 1.54) is 0 Å². The van der Waals surface area contributed by atoms with E-state index >= 15 is 0 Å². The van der Waals surface area contributed by atoms with Gasteiger partial charge in [0.05, 0.1) is 0 Å². The predicted molar refractivity (Wildman–Crippen MR) is 50.4 cm³/mol. The zero-order valence-electron chi connectivity index (χ0n) is 7.53. The SMILES string of the molecule is C/C=C\C(Cl)=C(C)C.CC. The number of hydrogen-bond donors (Lipinski definition) is 0. The lowest BCUT2D eigenvalue weighted by molar-refractivity contribution is 1.37. The Morgan fingerprint density at radius 3 is 1.70 bits per heavy atom. The summed E-state index contributed by atoms with van der Waals surface area (Å²) in [7, 11) is 0. The van der Waals surface area contributed by atoms with Crippen LogP contribution >= 0.6 is 11.6 Å². The zero-order valence-corrected chi connectivity index (χ0v) is 8.29. The van der Waals surface area contributed by atoms with Crippen molar-refractivity contribution < 1.29 is 0 Å². The minimum Gasteiger partial charge on any atom is -0.0862 e. The third kappa shape index (κ3) is 7.77. The van der Waals surface area contributed by atoms with E-state index in [1.807, 2.05) is 46.8 Å². The third-order valence-corrected chi connectivity index (χ3v) is 1.29. The molecule has 0 aliphatic carbocycles. The van der Waals surface area contributed by atoms with E-state index in [0.717, 1.165) is 10.6 Å². The largest absolute Gasteiger partial charge is 0.0862 e. The summed E-state index contributed by atoms with van der Waals surface area (Å²) in [4.78, 5) is 0. The van der Waals surface area contributed by atoms with E-state index < -0.39 is 0 Å². The van der Waals surface area contributed by atoms with Crippen LogP contribution in [-0.4, -0.2) is 0 Å². The van der Waals surface area contributed by atoms with Gasteiger partial charge in [0.2, 0.25) is 0 Å². The summed E-state index contributed by atoms with van der Waals surface area (Å²) in [5.41, 5.74) is 1.16. The van der Waals surface area contributed by atoms with Gasteiger partial charge in [-0.25, -0.2) is 0 Å². The fourth-order valence-corrected chi connectivity index (χ4v) is 0.439. The summed E-state index contributed by atoms with van der Waals surface area (Å²) in [6.45, 7) is 9.93. The molecule has 0 radical (unpaired) electrons. The second-order valence-corrected chi connectivity index (χ2v) is 2.26. The molecule has 60 valence electrons. The average Bonchev–Trinajstić information content (AvgIpc) is 1.93. The standard InChI is InChI=1S/C7H11Cl.C2H6/c1-4-5-7(8)6(2)3;1-2/h4-5H,1-3H3;1-2H3/b5-4-;. The molecular weight excluding hydrogens is 144 g/mol. The molecule has 0 atom stereocenters. The maximum absolute atomic E-state index is 5.71. The van der Waals surface area contributed by atoms with Crippen molar-refractivity contribution in [1.29, 1.82) is 0 Å². The maximum Gasteiger partial charge on any atom is 0.0389 e. The third-order valence-electron chi connectivity index (χ3n) is 0.791. The zero-order chi connectivity index (χ0) is 8.57. The van der Waals surface area contributed by atoms with Crippen molar-refractivity contribution >= 4 is 11.6 Å². The number of hydrogen-bond acceptors (Lipinski definition) is 0. The monoisotopic (exact) mass is 160 g/mol. The summed E-state index contributed by atoms with van der Waals surface area (Å²) in [6, 6.07) is 0. The molecule has 0 aromatic carbocycles. The lowest BCUT2D eigenvalue weighted by Gasteiger charge is -1.88. The molecule has 0 heterocycles. The first kappa shape index (κ1) is 12.4. The van der Waals surface area contributed by atoms with E-state index in [4.69, 9.17) is 11.6 Å². The highest BCUT2D eigenvalue weighted by Crippen LogP contribution is 2.08. The van der Waals surface area contributed by atoms with Crippen molar-refractivity contribution in [2.45, 2.75) is 34.6 Å². The lowest BCUT2D eigenvalue weighted by Crippen LogP contribution is -1.67. The Balaban J connectivity index is 0. The van der Waals surface area contributed by atoms with Crippen molar-refractivity contribution in [3.8, 4) is 0 Å². The van der Waals surface area contributed by atoms with Crippen molar-refractivity contribution in [2.24, 2.45) is 0 Å². The lowest BCUT2D eigenvalue weighted by atomic mass is 10.3. The van der Waals surface area contributed by atoms with Gasteiger partial charge in [-0.15, -0.1) is 0 Å². The van der Waals surface area contributed by atoms with Gasteiger partial charge in [-0.1, -0.05) is 37.1 Å². The molecule has 0 fully saturated rings. The highest BCUT2D eigenvalue weighted by molar-refractivity contribution is 6.31. The van der Waals surface area contributed by atoms with Gasteiger partial charge in [-0.3, -0.25) is 0 Å². The minimum absolute atomic E-state index is 0.840. The highest BCUT2D eigenvalue weighted by Gasteiger charge is 1.83. The van der Waals surface area contributed by atoms with Crippen LogP contribution in [0.2, 0.25) is 0 Å². The highest BCUT2D eigenvalue weighted by atomic mass is 35.5. The Kier molecular flexibility index (Phi) is 10.9. The first-order chi connectivity index (χ1) is 4.68. The summed E-state index contributed by atoms with van der Waals surface area (Å²) in [5.74, 6) is 0. The topological polar surface area (TPSA) is 0 Å². The molecule has 0 aromatic heterocycles. The van der Waals surface area contributed by atoms with E-state index in [-0.39, 0.29) is 0 Å². The van der Waals surface area contributed by atoms with Crippen LogP contribution in [0.3, 0.4) is 0 Å². The molecule has 0 unspecified atom stereocenters. The molecule has 0 amide bonds. The first-order valence-electron chi connectivity index (χ1n) is 3.64. The van der Waals surface area contributed by atoms with Gasteiger partial charge < -0.3 is 0 Å². The predicted octanol–water partition coefficient (Wildman–Crippen LogP) is 4.12. The van der Waals surface area contributed by atoms with Crippen LogP contribution < -0.4 is 0 Å². The fourth-order valence-electron chi connectivity index (χ4n) is 0.313. The molecule has 0 aliphatic rings. The van der Waals surface area contributed by atoms with E-state index in [9.17, 15) is 0 Å². The maximum atomic E-state index is 5.71. The van der Waals surface area contributed by atoms with Crippen molar-refractivity contribution in [1.82, 2.24) is 0 Å². The van der Waals surface area contributed by atoms with Gasteiger partial charge in [0.1, 0.15) is 0 Å². The second-order valence-electron chi connectivity index (χ2n) is 1.85. The molecule has 1 heteroatoms. The Morgan fingerprint density at radius 1 is 1.20 bits per heavy atom. The van der Waals surface area contributed by atoms with Crippen LogP contribution in [0.25, 0.3) is 0 Å². The Hall–Kier alpha value is -0.230. The van der Waals surface area contributed by atoms with Crippen LogP contribution in [0.15, 0.2) is 22.8 Å². The summed E-state index contributed by atoms with van der Waals surface area (Å²) >= 11 is 5.71. The normalized spacial score (nSPS) is 8.60. The summed E-state index contributed by atoms with van der Waals surface area (Å²) < 4.78 is 0. The smallest absolute Gasteiger partial charge is 0.0389 e. The molecule has 0 aromatic rings. The molecule has 0 nitrogen and oxygen atoms in total. The van der Waals surface area contributed by atoms with Gasteiger partial charge >= 0.3 is 0 Å². The quantitative estimate of drug-likeness (QED) is 0.507. The second kappa shape index (κ2) is 8.77. The van der Waals surface area contributed by atoms with E-state index in [0.29, 0.717) is 0 Å². The van der Waals surface area contributed by atoms with Gasteiger partial charge in [0.25, 0.3) is 0 Å². The number of halogens is 1.